The van der Waals surface area contributed by atoms with Crippen LogP contribution in [0.5, 0.6) is 5.75 Å². The Hall–Kier alpha value is -2.45. The van der Waals surface area contributed by atoms with Gasteiger partial charge in [0.2, 0.25) is 0 Å². The lowest BCUT2D eigenvalue weighted by Gasteiger charge is -2.10. The standard InChI is InChI=1S/C18H14FN3O2S2/c1-11(23-13-8-6-12(19)7-9-13)17-21-22-18(24-17)25-10-16-20-14-4-2-3-5-15(14)26-16/h2-9,11H,10H2,1H3/t11-/m1/s1. The van der Waals surface area contributed by atoms with Gasteiger partial charge in [0.1, 0.15) is 16.6 Å². The smallest absolute Gasteiger partial charge is 0.277 e. The van der Waals surface area contributed by atoms with Gasteiger partial charge in [-0.25, -0.2) is 9.37 Å². The van der Waals surface area contributed by atoms with E-state index in [0.29, 0.717) is 22.6 Å². The largest absolute Gasteiger partial charge is 0.481 e. The lowest BCUT2D eigenvalue weighted by Crippen LogP contribution is -2.03. The van der Waals surface area contributed by atoms with Gasteiger partial charge in [-0.05, 0) is 43.3 Å². The molecule has 0 aliphatic heterocycles. The maximum atomic E-state index is 12.9. The Kier molecular flexibility index (Phi) is 4.85. The van der Waals surface area contributed by atoms with Gasteiger partial charge >= 0.3 is 0 Å². The molecular formula is C18H14FN3O2S2. The third-order valence-electron chi connectivity index (χ3n) is 3.55. The number of nitrogens with zero attached hydrogens (tertiary/aromatic N) is 3. The van der Waals surface area contributed by atoms with E-state index in [1.807, 2.05) is 18.2 Å². The van der Waals surface area contributed by atoms with Gasteiger partial charge in [-0.15, -0.1) is 21.5 Å². The molecule has 132 valence electrons. The first-order valence-electron chi connectivity index (χ1n) is 7.90. The summed E-state index contributed by atoms with van der Waals surface area (Å²) in [5.74, 6) is 1.27. The van der Waals surface area contributed by atoms with Crippen LogP contribution < -0.4 is 4.74 Å². The molecule has 4 rings (SSSR count). The minimum Gasteiger partial charge on any atom is -0.481 e. The molecular weight excluding hydrogens is 373 g/mol. The predicted molar refractivity (Wildman–Crippen MR) is 98.9 cm³/mol. The Morgan fingerprint density at radius 3 is 2.77 bits per heavy atom. The van der Waals surface area contributed by atoms with Crippen molar-refractivity contribution >= 4 is 33.3 Å². The number of rotatable bonds is 6. The zero-order valence-corrected chi connectivity index (χ0v) is 15.4. The summed E-state index contributed by atoms with van der Waals surface area (Å²) in [6.45, 7) is 1.80. The number of benzene rings is 2. The van der Waals surface area contributed by atoms with Crippen molar-refractivity contribution in [2.45, 2.75) is 24.0 Å². The first-order valence-corrected chi connectivity index (χ1v) is 9.70. The van der Waals surface area contributed by atoms with Crippen molar-refractivity contribution in [3.63, 3.8) is 0 Å². The van der Waals surface area contributed by atoms with Gasteiger partial charge in [-0.3, -0.25) is 0 Å². The van der Waals surface area contributed by atoms with Crippen LogP contribution in [-0.2, 0) is 5.75 Å². The highest BCUT2D eigenvalue weighted by Crippen LogP contribution is 2.29. The molecule has 1 atom stereocenters. The second kappa shape index (κ2) is 7.43. The Morgan fingerprint density at radius 1 is 1.15 bits per heavy atom. The van der Waals surface area contributed by atoms with Crippen molar-refractivity contribution in [1.82, 2.24) is 15.2 Å². The molecule has 0 N–H and O–H groups in total. The Bertz CT molecular complexity index is 984. The van der Waals surface area contributed by atoms with Crippen LogP contribution in [0.25, 0.3) is 10.2 Å². The number of hydrogen-bond acceptors (Lipinski definition) is 7. The third kappa shape index (κ3) is 3.86. The molecule has 0 unspecified atom stereocenters. The van der Waals surface area contributed by atoms with E-state index in [9.17, 15) is 4.39 Å². The van der Waals surface area contributed by atoms with Crippen molar-refractivity contribution in [1.29, 1.82) is 0 Å². The van der Waals surface area contributed by atoms with Crippen LogP contribution in [0, 0.1) is 5.82 Å². The zero-order valence-electron chi connectivity index (χ0n) is 13.8. The van der Waals surface area contributed by atoms with Crippen molar-refractivity contribution in [2.24, 2.45) is 0 Å². The molecule has 0 bridgehead atoms. The molecule has 8 heteroatoms. The van der Waals surface area contributed by atoms with E-state index in [1.54, 1.807) is 30.4 Å². The van der Waals surface area contributed by atoms with E-state index in [-0.39, 0.29) is 5.82 Å². The van der Waals surface area contributed by atoms with E-state index in [2.05, 4.69) is 21.2 Å². The van der Waals surface area contributed by atoms with Crippen molar-refractivity contribution in [2.75, 3.05) is 0 Å². The van der Waals surface area contributed by atoms with Crippen molar-refractivity contribution in [3.05, 3.63) is 65.2 Å². The molecule has 5 nitrogen and oxygen atoms in total. The summed E-state index contributed by atoms with van der Waals surface area (Å²) in [4.78, 5) is 4.59. The van der Waals surface area contributed by atoms with E-state index in [4.69, 9.17) is 9.15 Å². The van der Waals surface area contributed by atoms with Crippen molar-refractivity contribution < 1.29 is 13.5 Å². The summed E-state index contributed by atoms with van der Waals surface area (Å²) < 4.78 is 25.4. The number of aromatic nitrogens is 3. The predicted octanol–water partition coefficient (Wildman–Crippen LogP) is 5.25. The second-order valence-electron chi connectivity index (χ2n) is 5.48. The summed E-state index contributed by atoms with van der Waals surface area (Å²) in [5, 5.41) is 9.55. The number of thioether (sulfide) groups is 1. The topological polar surface area (TPSA) is 61.0 Å². The van der Waals surface area contributed by atoms with Gasteiger partial charge in [0.25, 0.3) is 11.1 Å². The van der Waals surface area contributed by atoms with Gasteiger partial charge < -0.3 is 9.15 Å². The van der Waals surface area contributed by atoms with E-state index < -0.39 is 6.10 Å². The lowest BCUT2D eigenvalue weighted by atomic mass is 10.3. The van der Waals surface area contributed by atoms with E-state index >= 15 is 0 Å². The molecule has 0 radical (unpaired) electrons. The van der Waals surface area contributed by atoms with Crippen LogP contribution in [-0.4, -0.2) is 15.2 Å². The minimum atomic E-state index is -0.426. The molecule has 0 amide bonds. The highest BCUT2D eigenvalue weighted by Gasteiger charge is 2.16. The zero-order chi connectivity index (χ0) is 17.9. The number of hydrogen-bond donors (Lipinski definition) is 0. The van der Waals surface area contributed by atoms with Gasteiger partial charge in [-0.2, -0.15) is 0 Å². The fraction of sp³-hybridized carbons (Fsp3) is 0.167. The van der Waals surface area contributed by atoms with Gasteiger partial charge in [0.15, 0.2) is 6.10 Å². The quantitative estimate of drug-likeness (QED) is 0.421. The molecule has 0 fully saturated rings. The van der Waals surface area contributed by atoms with Gasteiger partial charge in [-0.1, -0.05) is 23.9 Å². The average Bonchev–Trinajstić information content (AvgIpc) is 3.28. The summed E-state index contributed by atoms with van der Waals surface area (Å²) in [5.41, 5.74) is 1.00. The summed E-state index contributed by atoms with van der Waals surface area (Å²) in [7, 11) is 0. The Balaban J connectivity index is 1.38. The van der Waals surface area contributed by atoms with Crippen molar-refractivity contribution in [3.8, 4) is 5.75 Å². The first kappa shape index (κ1) is 17.0. The average molecular weight is 387 g/mol. The second-order valence-corrected chi connectivity index (χ2v) is 7.53. The first-order chi connectivity index (χ1) is 12.7. The highest BCUT2D eigenvalue weighted by molar-refractivity contribution is 7.98. The van der Waals surface area contributed by atoms with Crippen LogP contribution in [0.15, 0.2) is 58.2 Å². The normalized spacial score (nSPS) is 12.4. The fourth-order valence-electron chi connectivity index (χ4n) is 2.32. The fourth-order valence-corrected chi connectivity index (χ4v) is 4.05. The summed E-state index contributed by atoms with van der Waals surface area (Å²) >= 11 is 3.09. The molecule has 0 saturated heterocycles. The van der Waals surface area contributed by atoms with Crippen LogP contribution in [0.3, 0.4) is 0 Å². The van der Waals surface area contributed by atoms with Crippen LogP contribution in [0.4, 0.5) is 4.39 Å². The molecule has 2 aromatic carbocycles. The maximum Gasteiger partial charge on any atom is 0.277 e. The molecule has 26 heavy (non-hydrogen) atoms. The van der Waals surface area contributed by atoms with Crippen LogP contribution >= 0.6 is 23.1 Å². The Morgan fingerprint density at radius 2 is 1.96 bits per heavy atom. The molecule has 4 aromatic rings. The van der Waals surface area contributed by atoms with Gasteiger partial charge in [0.05, 0.1) is 16.0 Å². The number of para-hydroxylation sites is 1. The molecule has 0 aliphatic rings. The maximum absolute atomic E-state index is 12.9. The third-order valence-corrected chi connectivity index (χ3v) is 5.60. The lowest BCUT2D eigenvalue weighted by molar-refractivity contribution is 0.181. The monoisotopic (exact) mass is 387 g/mol. The number of halogens is 1. The molecule has 0 saturated carbocycles. The SMILES string of the molecule is C[C@@H](Oc1ccc(F)cc1)c1nnc(SCc2nc3ccccc3s2)o1. The Labute approximate surface area is 157 Å². The van der Waals surface area contributed by atoms with E-state index in [1.165, 1.54) is 23.9 Å². The number of fused-ring (bicyclic) bond motifs is 1. The number of thiazole rings is 1. The molecule has 2 heterocycles. The van der Waals surface area contributed by atoms with Crippen LogP contribution in [0.1, 0.15) is 23.9 Å². The molecule has 2 aromatic heterocycles. The van der Waals surface area contributed by atoms with E-state index in [0.717, 1.165) is 15.2 Å². The highest BCUT2D eigenvalue weighted by atomic mass is 32.2. The van der Waals surface area contributed by atoms with Crippen LogP contribution in [0.2, 0.25) is 0 Å². The van der Waals surface area contributed by atoms with Gasteiger partial charge in [0, 0.05) is 0 Å². The molecule has 0 aliphatic carbocycles. The minimum absolute atomic E-state index is 0.309. The molecule has 0 spiro atoms. The summed E-state index contributed by atoms with van der Waals surface area (Å²) in [6, 6.07) is 13.8. The summed E-state index contributed by atoms with van der Waals surface area (Å²) in [6.07, 6.45) is -0.426. The number of ether oxygens (including phenoxy) is 1.